The van der Waals surface area contributed by atoms with Crippen molar-refractivity contribution in [3.05, 3.63) is 0 Å². The molecule has 2 nitrogen and oxygen atoms in total. The molecule has 0 aromatic heterocycles. The minimum Gasteiger partial charge on any atom is -0.412 e. The van der Waals surface area contributed by atoms with Crippen LogP contribution in [-0.2, 0) is 4.43 Å². The lowest BCUT2D eigenvalue weighted by Gasteiger charge is -2.46. The fourth-order valence-electron chi connectivity index (χ4n) is 2.67. The Balaban J connectivity index is 4.88. The third-order valence-electron chi connectivity index (χ3n) is 4.66. The highest BCUT2D eigenvalue weighted by atomic mass is 28.4. The van der Waals surface area contributed by atoms with Crippen molar-refractivity contribution in [2.45, 2.75) is 78.6 Å². The van der Waals surface area contributed by atoms with E-state index >= 15 is 0 Å². The first kappa shape index (κ1) is 18.1. The molecule has 0 aliphatic heterocycles. The molecule has 0 spiro atoms. The molecular weight excluding hydrogens is 238 g/mol. The molecule has 0 amide bonds. The third kappa shape index (κ3) is 5.02. The number of hydrogen-bond acceptors (Lipinski definition) is 2. The summed E-state index contributed by atoms with van der Waals surface area (Å²) in [4.78, 5) is 0. The third-order valence-corrected chi connectivity index (χ3v) is 7.21. The smallest absolute Gasteiger partial charge is 0.187 e. The van der Waals surface area contributed by atoms with Crippen molar-refractivity contribution in [3.8, 4) is 0 Å². The van der Waals surface area contributed by atoms with Crippen molar-refractivity contribution in [2.75, 3.05) is 6.54 Å². The molecule has 2 unspecified atom stereocenters. The Kier molecular flexibility index (Phi) is 7.72. The molecule has 0 saturated carbocycles. The van der Waals surface area contributed by atoms with Crippen LogP contribution in [-0.4, -0.2) is 20.5 Å². The van der Waals surface area contributed by atoms with Gasteiger partial charge in [0, 0.05) is 0 Å². The van der Waals surface area contributed by atoms with E-state index in [1.54, 1.807) is 0 Å². The molecule has 2 atom stereocenters. The van der Waals surface area contributed by atoms with Gasteiger partial charge < -0.3 is 10.2 Å². The molecule has 0 fully saturated rings. The molecule has 0 aliphatic carbocycles. The van der Waals surface area contributed by atoms with E-state index in [1.165, 1.54) is 18.9 Å². The van der Waals surface area contributed by atoms with E-state index in [4.69, 9.17) is 10.2 Å². The largest absolute Gasteiger partial charge is 0.412 e. The maximum atomic E-state index is 6.72. The van der Waals surface area contributed by atoms with Gasteiger partial charge in [-0.1, -0.05) is 40.5 Å². The molecule has 3 heteroatoms. The van der Waals surface area contributed by atoms with Gasteiger partial charge in [0.2, 0.25) is 0 Å². The van der Waals surface area contributed by atoms with Crippen LogP contribution in [0.4, 0.5) is 0 Å². The predicted octanol–water partition coefficient (Wildman–Crippen LogP) is 4.41. The van der Waals surface area contributed by atoms with Crippen molar-refractivity contribution in [2.24, 2.45) is 17.6 Å². The van der Waals surface area contributed by atoms with Gasteiger partial charge in [0.25, 0.3) is 0 Å². The fourth-order valence-corrected chi connectivity index (χ4v) is 5.42. The first-order valence-electron chi connectivity index (χ1n) is 7.63. The zero-order valence-corrected chi connectivity index (χ0v) is 14.7. The van der Waals surface area contributed by atoms with Gasteiger partial charge in [-0.3, -0.25) is 0 Å². The van der Waals surface area contributed by atoms with Crippen LogP contribution in [0, 0.1) is 11.8 Å². The molecule has 0 aromatic carbocycles. The summed E-state index contributed by atoms with van der Waals surface area (Å²) in [5.41, 5.74) is 5.66. The molecule has 0 radical (unpaired) electrons. The molecule has 0 aliphatic rings. The Morgan fingerprint density at radius 3 is 1.89 bits per heavy atom. The van der Waals surface area contributed by atoms with Crippen molar-refractivity contribution in [3.63, 3.8) is 0 Å². The average molecular weight is 274 g/mol. The highest BCUT2D eigenvalue weighted by Crippen LogP contribution is 2.37. The van der Waals surface area contributed by atoms with Crippen molar-refractivity contribution in [1.82, 2.24) is 0 Å². The Morgan fingerprint density at radius 1 is 1.11 bits per heavy atom. The second kappa shape index (κ2) is 7.66. The first-order valence-corrected chi connectivity index (χ1v) is 10.7. The summed E-state index contributed by atoms with van der Waals surface area (Å²) in [7, 11) is -1.60. The predicted molar refractivity (Wildman–Crippen MR) is 84.4 cm³/mol. The molecule has 0 aromatic rings. The fraction of sp³-hybridized carbons (Fsp3) is 1.00. The van der Waals surface area contributed by atoms with Crippen LogP contribution in [0.25, 0.3) is 0 Å². The van der Waals surface area contributed by atoms with Crippen molar-refractivity contribution in [1.29, 1.82) is 0 Å². The van der Waals surface area contributed by atoms with Gasteiger partial charge in [0.1, 0.15) is 0 Å². The van der Waals surface area contributed by atoms with Crippen LogP contribution in [0.2, 0.25) is 19.1 Å². The SMILES string of the molecule is CCC(C)C(C)(O[Si](C)(C)CCCN)C(C)CC. The number of hydrogen-bond donors (Lipinski definition) is 1. The van der Waals surface area contributed by atoms with E-state index in [0.29, 0.717) is 11.8 Å². The average Bonchev–Trinajstić information content (AvgIpc) is 2.33. The van der Waals surface area contributed by atoms with E-state index in [0.717, 1.165) is 13.0 Å². The van der Waals surface area contributed by atoms with Gasteiger partial charge >= 0.3 is 0 Å². The molecule has 0 bridgehead atoms. The zero-order chi connectivity index (χ0) is 14.4. The van der Waals surface area contributed by atoms with Crippen LogP contribution in [0.5, 0.6) is 0 Å². The van der Waals surface area contributed by atoms with Gasteiger partial charge in [0.05, 0.1) is 5.60 Å². The van der Waals surface area contributed by atoms with Crippen LogP contribution in [0.3, 0.4) is 0 Å². The lowest BCUT2D eigenvalue weighted by atomic mass is 9.78. The van der Waals surface area contributed by atoms with Gasteiger partial charge in [0.15, 0.2) is 8.32 Å². The van der Waals surface area contributed by atoms with Crippen molar-refractivity contribution >= 4 is 8.32 Å². The molecule has 110 valence electrons. The summed E-state index contributed by atoms with van der Waals surface area (Å²) in [5.74, 6) is 1.22. The lowest BCUT2D eigenvalue weighted by Crippen LogP contribution is -2.50. The van der Waals surface area contributed by atoms with Gasteiger partial charge in [-0.25, -0.2) is 0 Å². The summed E-state index contributed by atoms with van der Waals surface area (Å²) >= 11 is 0. The van der Waals surface area contributed by atoms with Gasteiger partial charge in [-0.15, -0.1) is 0 Å². The summed E-state index contributed by atoms with van der Waals surface area (Å²) in [5, 5.41) is 0. The van der Waals surface area contributed by atoms with Crippen LogP contribution in [0.15, 0.2) is 0 Å². The van der Waals surface area contributed by atoms with Gasteiger partial charge in [-0.2, -0.15) is 0 Å². The Labute approximate surface area is 116 Å². The highest BCUT2D eigenvalue weighted by Gasteiger charge is 2.40. The van der Waals surface area contributed by atoms with Crippen LogP contribution < -0.4 is 5.73 Å². The van der Waals surface area contributed by atoms with Crippen molar-refractivity contribution < 1.29 is 4.43 Å². The summed E-state index contributed by atoms with van der Waals surface area (Å²) in [6, 6.07) is 1.17. The summed E-state index contributed by atoms with van der Waals surface area (Å²) in [6.45, 7) is 17.0. The monoisotopic (exact) mass is 273 g/mol. The Morgan fingerprint density at radius 2 is 1.56 bits per heavy atom. The second-order valence-electron chi connectivity index (χ2n) is 6.56. The lowest BCUT2D eigenvalue weighted by molar-refractivity contribution is -0.0278. The minimum atomic E-state index is -1.60. The summed E-state index contributed by atoms with van der Waals surface area (Å²) in [6.07, 6.45) is 3.46. The highest BCUT2D eigenvalue weighted by molar-refractivity contribution is 6.71. The molecule has 0 saturated heterocycles. The molecule has 2 N–H and O–H groups in total. The Hall–Kier alpha value is 0.137. The Bertz CT molecular complexity index is 221. The topological polar surface area (TPSA) is 35.2 Å². The van der Waals surface area contributed by atoms with E-state index in [9.17, 15) is 0 Å². The maximum absolute atomic E-state index is 6.72. The maximum Gasteiger partial charge on any atom is 0.187 e. The standard InChI is InChI=1S/C15H35NOSi/c1-8-13(3)15(5,14(4)9-2)17-18(6,7)12-10-11-16/h13-14H,8-12,16H2,1-7H3. The van der Waals surface area contributed by atoms with Gasteiger partial charge in [-0.05, 0) is 50.9 Å². The van der Waals surface area contributed by atoms with E-state index in [1.807, 2.05) is 0 Å². The van der Waals surface area contributed by atoms with E-state index < -0.39 is 8.32 Å². The van der Waals surface area contributed by atoms with E-state index in [2.05, 4.69) is 47.7 Å². The quantitative estimate of drug-likeness (QED) is 0.632. The molecule has 0 heterocycles. The number of rotatable bonds is 9. The normalized spacial score (nSPS) is 19.3. The second-order valence-corrected chi connectivity index (χ2v) is 10.8. The van der Waals surface area contributed by atoms with Crippen LogP contribution in [0.1, 0.15) is 53.9 Å². The summed E-state index contributed by atoms with van der Waals surface area (Å²) < 4.78 is 6.72. The van der Waals surface area contributed by atoms with Crippen LogP contribution >= 0.6 is 0 Å². The first-order chi connectivity index (χ1) is 8.23. The number of nitrogens with two attached hydrogens (primary N) is 1. The zero-order valence-electron chi connectivity index (χ0n) is 13.7. The molecule has 0 rings (SSSR count). The molecule has 18 heavy (non-hydrogen) atoms. The molecular formula is C15H35NOSi. The minimum absolute atomic E-state index is 0.0216. The van der Waals surface area contributed by atoms with E-state index in [-0.39, 0.29) is 5.60 Å².